The van der Waals surface area contributed by atoms with Crippen molar-refractivity contribution < 1.29 is 22.1 Å². The standard InChI is InChI=1S/C11H12BF4O/c13-11-7-9(17-8-3-1-2-4-8)5-6-10(11)12(14,15)16/h5-8H,1-4H2/q-1. The topological polar surface area (TPSA) is 9.23 Å². The molecule has 0 N–H and O–H groups in total. The minimum absolute atomic E-state index is 0.0108. The van der Waals surface area contributed by atoms with Crippen LogP contribution in [0.5, 0.6) is 5.75 Å². The van der Waals surface area contributed by atoms with Crippen molar-refractivity contribution in [3.05, 3.63) is 24.0 Å². The van der Waals surface area contributed by atoms with Crippen molar-refractivity contribution in [3.63, 3.8) is 0 Å². The highest BCUT2D eigenvalue weighted by molar-refractivity contribution is 6.73. The molecular weight excluding hydrogens is 235 g/mol. The first-order valence-electron chi connectivity index (χ1n) is 5.63. The minimum Gasteiger partial charge on any atom is -0.490 e. The maximum absolute atomic E-state index is 13.2. The van der Waals surface area contributed by atoms with Crippen LogP contribution >= 0.6 is 0 Å². The van der Waals surface area contributed by atoms with Gasteiger partial charge in [-0.1, -0.05) is 11.5 Å². The monoisotopic (exact) mass is 247 g/mol. The van der Waals surface area contributed by atoms with Crippen LogP contribution in [0.25, 0.3) is 0 Å². The quantitative estimate of drug-likeness (QED) is 0.588. The second-order valence-corrected chi connectivity index (χ2v) is 4.28. The molecule has 1 aromatic carbocycles. The van der Waals surface area contributed by atoms with Crippen LogP contribution in [0.3, 0.4) is 0 Å². The van der Waals surface area contributed by atoms with Crippen LogP contribution in [-0.2, 0) is 0 Å². The third-order valence-electron chi connectivity index (χ3n) is 2.93. The van der Waals surface area contributed by atoms with Gasteiger partial charge in [-0.25, -0.2) is 4.39 Å². The maximum atomic E-state index is 13.2. The summed E-state index contributed by atoms with van der Waals surface area (Å²) in [5.74, 6) is -1.08. The molecule has 0 amide bonds. The lowest BCUT2D eigenvalue weighted by molar-refractivity contribution is 0.209. The van der Waals surface area contributed by atoms with Crippen LogP contribution in [0.15, 0.2) is 18.2 Å². The number of hydrogen-bond donors (Lipinski definition) is 0. The molecule has 0 aromatic heterocycles. The van der Waals surface area contributed by atoms with Crippen LogP contribution in [0.4, 0.5) is 17.3 Å². The number of hydrogen-bond acceptors (Lipinski definition) is 1. The molecule has 0 saturated heterocycles. The number of rotatable bonds is 3. The van der Waals surface area contributed by atoms with E-state index in [0.29, 0.717) is 0 Å². The van der Waals surface area contributed by atoms with Crippen molar-refractivity contribution in [2.75, 3.05) is 0 Å². The van der Waals surface area contributed by atoms with Gasteiger partial charge < -0.3 is 17.7 Å². The molecular formula is C11H12BF4O-. The van der Waals surface area contributed by atoms with Gasteiger partial charge in [0.15, 0.2) is 0 Å². The van der Waals surface area contributed by atoms with Crippen molar-refractivity contribution in [2.24, 2.45) is 0 Å². The minimum atomic E-state index is -5.30. The molecule has 0 heterocycles. The summed E-state index contributed by atoms with van der Waals surface area (Å²) in [5.41, 5.74) is -1.19. The number of ether oxygens (including phenoxy) is 1. The first kappa shape index (κ1) is 12.3. The highest BCUT2D eigenvalue weighted by Gasteiger charge is 2.29. The molecule has 1 fully saturated rings. The summed E-state index contributed by atoms with van der Waals surface area (Å²) in [6.45, 7) is -5.30. The second-order valence-electron chi connectivity index (χ2n) is 4.28. The van der Waals surface area contributed by atoms with Gasteiger partial charge in [0, 0.05) is 6.07 Å². The van der Waals surface area contributed by atoms with Crippen molar-refractivity contribution in [1.29, 1.82) is 0 Å². The summed E-state index contributed by atoms with van der Waals surface area (Å²) in [5, 5.41) is 0. The van der Waals surface area contributed by atoms with E-state index < -0.39 is 18.3 Å². The van der Waals surface area contributed by atoms with E-state index in [1.807, 2.05) is 0 Å². The van der Waals surface area contributed by atoms with Crippen LogP contribution in [-0.4, -0.2) is 13.1 Å². The predicted octanol–water partition coefficient (Wildman–Crippen LogP) is 3.20. The molecule has 17 heavy (non-hydrogen) atoms. The van der Waals surface area contributed by atoms with Gasteiger partial charge in [0.25, 0.3) is 0 Å². The summed E-state index contributed by atoms with van der Waals surface area (Å²) in [4.78, 5) is 0. The Morgan fingerprint density at radius 1 is 1.12 bits per heavy atom. The molecule has 1 saturated carbocycles. The van der Waals surface area contributed by atoms with E-state index in [-0.39, 0.29) is 11.9 Å². The highest BCUT2D eigenvalue weighted by atomic mass is 19.4. The summed E-state index contributed by atoms with van der Waals surface area (Å²) >= 11 is 0. The van der Waals surface area contributed by atoms with Gasteiger partial charge in [-0.15, -0.1) is 0 Å². The molecule has 94 valence electrons. The Bertz CT molecular complexity index is 399. The van der Waals surface area contributed by atoms with E-state index in [1.54, 1.807) is 0 Å². The highest BCUT2D eigenvalue weighted by Crippen LogP contribution is 2.24. The lowest BCUT2D eigenvalue weighted by Gasteiger charge is -2.18. The number of halogens is 4. The molecule has 6 heteroatoms. The van der Waals surface area contributed by atoms with Gasteiger partial charge >= 0.3 is 6.98 Å². The Morgan fingerprint density at radius 2 is 1.76 bits per heavy atom. The second kappa shape index (κ2) is 4.59. The van der Waals surface area contributed by atoms with Crippen LogP contribution in [0.2, 0.25) is 0 Å². The molecule has 1 aliphatic carbocycles. The maximum Gasteiger partial charge on any atom is 0.512 e. The van der Waals surface area contributed by atoms with Gasteiger partial charge in [-0.3, -0.25) is 0 Å². The van der Waals surface area contributed by atoms with Gasteiger partial charge in [0.1, 0.15) is 5.75 Å². The van der Waals surface area contributed by atoms with Gasteiger partial charge in [-0.05, 0) is 31.7 Å². The molecule has 1 aliphatic rings. The first-order valence-corrected chi connectivity index (χ1v) is 5.63. The van der Waals surface area contributed by atoms with Gasteiger partial charge in [0.05, 0.1) is 11.9 Å². The van der Waals surface area contributed by atoms with E-state index in [9.17, 15) is 17.3 Å². The Morgan fingerprint density at radius 3 is 2.29 bits per heavy atom. The lowest BCUT2D eigenvalue weighted by Crippen LogP contribution is -2.36. The van der Waals surface area contributed by atoms with Crippen LogP contribution in [0, 0.1) is 5.82 Å². The van der Waals surface area contributed by atoms with Crippen molar-refractivity contribution in [2.45, 2.75) is 31.8 Å². The summed E-state index contributed by atoms with van der Waals surface area (Å²) in [7, 11) is 0. The predicted molar refractivity (Wildman–Crippen MR) is 58.0 cm³/mol. The van der Waals surface area contributed by atoms with Gasteiger partial charge in [0.2, 0.25) is 0 Å². The fourth-order valence-electron chi connectivity index (χ4n) is 2.05. The molecule has 2 rings (SSSR count). The fourth-order valence-corrected chi connectivity index (χ4v) is 2.05. The average Bonchev–Trinajstić information content (AvgIpc) is 2.68. The Kier molecular flexibility index (Phi) is 3.31. The molecule has 0 unspecified atom stereocenters. The van der Waals surface area contributed by atoms with E-state index in [1.165, 1.54) is 6.07 Å². The molecule has 0 radical (unpaired) electrons. The largest absolute Gasteiger partial charge is 0.512 e. The van der Waals surface area contributed by atoms with E-state index >= 15 is 0 Å². The number of benzene rings is 1. The van der Waals surface area contributed by atoms with Crippen molar-refractivity contribution >= 4 is 12.4 Å². The summed E-state index contributed by atoms with van der Waals surface area (Å²) in [6.07, 6.45) is 3.88. The Balaban J connectivity index is 2.13. The molecule has 1 nitrogen and oxygen atoms in total. The zero-order valence-corrected chi connectivity index (χ0v) is 9.14. The zero-order valence-electron chi connectivity index (χ0n) is 9.14. The Labute approximate surface area is 96.8 Å². The lowest BCUT2D eigenvalue weighted by atomic mass is 9.80. The SMILES string of the molecule is Fc1cc(OC2CCCC2)ccc1[B-](F)(F)F. The molecule has 0 spiro atoms. The Hall–Kier alpha value is -1.20. The molecule has 0 atom stereocenters. The molecule has 0 aliphatic heterocycles. The van der Waals surface area contributed by atoms with Gasteiger partial charge in [-0.2, -0.15) is 0 Å². The summed E-state index contributed by atoms with van der Waals surface area (Å²) < 4.78 is 55.8. The van der Waals surface area contributed by atoms with E-state index in [4.69, 9.17) is 4.74 Å². The molecule has 1 aromatic rings. The van der Waals surface area contributed by atoms with Crippen molar-refractivity contribution in [1.82, 2.24) is 0 Å². The zero-order chi connectivity index (χ0) is 12.5. The summed E-state index contributed by atoms with van der Waals surface area (Å²) in [6, 6.07) is 2.76. The molecule has 0 bridgehead atoms. The third kappa shape index (κ3) is 2.93. The van der Waals surface area contributed by atoms with E-state index in [2.05, 4.69) is 0 Å². The van der Waals surface area contributed by atoms with Crippen LogP contribution in [0.1, 0.15) is 25.7 Å². The van der Waals surface area contributed by atoms with E-state index in [0.717, 1.165) is 37.8 Å². The smallest absolute Gasteiger partial charge is 0.490 e. The average molecular weight is 247 g/mol. The van der Waals surface area contributed by atoms with Crippen LogP contribution < -0.4 is 10.2 Å². The third-order valence-corrected chi connectivity index (χ3v) is 2.93. The van der Waals surface area contributed by atoms with Crippen molar-refractivity contribution in [3.8, 4) is 5.75 Å². The first-order chi connectivity index (χ1) is 7.97. The fraction of sp³-hybridized carbons (Fsp3) is 0.455. The normalized spacial score (nSPS) is 17.4.